The second-order valence-electron chi connectivity index (χ2n) is 5.18. The van der Waals surface area contributed by atoms with Gasteiger partial charge in [-0.2, -0.15) is 0 Å². The van der Waals surface area contributed by atoms with Crippen LogP contribution in [0, 0.1) is 5.92 Å². The van der Waals surface area contributed by atoms with Crippen molar-refractivity contribution in [2.75, 3.05) is 0 Å². The van der Waals surface area contributed by atoms with Crippen molar-refractivity contribution in [2.24, 2.45) is 5.92 Å². The predicted molar refractivity (Wildman–Crippen MR) is 79.4 cm³/mol. The Bertz CT molecular complexity index is 486. The fourth-order valence-electron chi connectivity index (χ4n) is 2.62. The van der Waals surface area contributed by atoms with Crippen LogP contribution in [0.5, 0.6) is 0 Å². The number of carboxylic acids is 1. The number of aryl methyl sites for hydroxylation is 1. The standard InChI is InChI=1S/C15H18BrNO3/c16-11-7-4-10(5-8-11)6-9-14(18)17-13-3-1-2-12(13)15(19)20/h4-5,7-8,12-13H,1-3,6,9H2,(H,17,18)(H,19,20)/t12-,13-/m0/s1. The molecule has 20 heavy (non-hydrogen) atoms. The van der Waals surface area contributed by atoms with E-state index >= 15 is 0 Å². The molecule has 1 aromatic carbocycles. The Hall–Kier alpha value is -1.36. The predicted octanol–water partition coefficient (Wildman–Crippen LogP) is 2.75. The number of benzene rings is 1. The van der Waals surface area contributed by atoms with Gasteiger partial charge in [-0.15, -0.1) is 0 Å². The molecule has 0 aromatic heterocycles. The number of amides is 1. The Kier molecular flexibility index (Phi) is 5.17. The molecule has 0 radical (unpaired) electrons. The van der Waals surface area contributed by atoms with Gasteiger partial charge in [-0.3, -0.25) is 9.59 Å². The molecule has 108 valence electrons. The molecule has 2 N–H and O–H groups in total. The van der Waals surface area contributed by atoms with Crippen molar-refractivity contribution in [1.82, 2.24) is 5.32 Å². The van der Waals surface area contributed by atoms with Crippen LogP contribution in [-0.4, -0.2) is 23.0 Å². The Labute approximate surface area is 126 Å². The third kappa shape index (κ3) is 4.07. The highest BCUT2D eigenvalue weighted by molar-refractivity contribution is 9.10. The third-order valence-corrected chi connectivity index (χ3v) is 4.26. The smallest absolute Gasteiger partial charge is 0.308 e. The second-order valence-corrected chi connectivity index (χ2v) is 6.09. The van der Waals surface area contributed by atoms with Crippen molar-refractivity contribution in [3.05, 3.63) is 34.3 Å². The van der Waals surface area contributed by atoms with Crippen LogP contribution in [0.3, 0.4) is 0 Å². The van der Waals surface area contributed by atoms with Crippen LogP contribution in [0.15, 0.2) is 28.7 Å². The zero-order chi connectivity index (χ0) is 14.5. The average Bonchev–Trinajstić information content (AvgIpc) is 2.86. The first-order chi connectivity index (χ1) is 9.56. The van der Waals surface area contributed by atoms with Gasteiger partial charge in [0, 0.05) is 16.9 Å². The molecule has 2 atom stereocenters. The number of hydrogen-bond acceptors (Lipinski definition) is 2. The summed E-state index contributed by atoms with van der Waals surface area (Å²) in [5.74, 6) is -1.29. The minimum Gasteiger partial charge on any atom is -0.481 e. The Morgan fingerprint density at radius 2 is 1.95 bits per heavy atom. The van der Waals surface area contributed by atoms with E-state index in [4.69, 9.17) is 5.11 Å². The molecule has 1 aliphatic rings. The van der Waals surface area contributed by atoms with Gasteiger partial charge < -0.3 is 10.4 Å². The highest BCUT2D eigenvalue weighted by atomic mass is 79.9. The van der Waals surface area contributed by atoms with Crippen molar-refractivity contribution in [1.29, 1.82) is 0 Å². The first-order valence-corrected chi connectivity index (χ1v) is 7.62. The number of nitrogens with one attached hydrogen (secondary N) is 1. The molecule has 1 fully saturated rings. The Morgan fingerprint density at radius 3 is 2.60 bits per heavy atom. The van der Waals surface area contributed by atoms with Gasteiger partial charge in [0.1, 0.15) is 0 Å². The number of aliphatic carboxylic acids is 1. The maximum absolute atomic E-state index is 11.9. The van der Waals surface area contributed by atoms with E-state index in [1.54, 1.807) is 0 Å². The summed E-state index contributed by atoms with van der Waals surface area (Å²) < 4.78 is 1.01. The summed E-state index contributed by atoms with van der Waals surface area (Å²) in [6, 6.07) is 7.65. The molecule has 1 aliphatic carbocycles. The molecule has 0 unspecified atom stereocenters. The molecule has 0 aliphatic heterocycles. The van der Waals surface area contributed by atoms with Gasteiger partial charge in [-0.05, 0) is 37.0 Å². The molecule has 5 heteroatoms. The summed E-state index contributed by atoms with van der Waals surface area (Å²) in [6.45, 7) is 0. The van der Waals surface area contributed by atoms with Crippen LogP contribution in [-0.2, 0) is 16.0 Å². The van der Waals surface area contributed by atoms with Crippen LogP contribution in [0.25, 0.3) is 0 Å². The van der Waals surface area contributed by atoms with Crippen molar-refractivity contribution >= 4 is 27.8 Å². The molecule has 1 amide bonds. The van der Waals surface area contributed by atoms with E-state index in [0.29, 0.717) is 19.3 Å². The summed E-state index contributed by atoms with van der Waals surface area (Å²) in [6.07, 6.45) is 3.36. The van der Waals surface area contributed by atoms with E-state index < -0.39 is 11.9 Å². The maximum Gasteiger partial charge on any atom is 0.308 e. The zero-order valence-corrected chi connectivity index (χ0v) is 12.7. The molecule has 1 saturated carbocycles. The van der Waals surface area contributed by atoms with E-state index in [-0.39, 0.29) is 11.9 Å². The summed E-state index contributed by atoms with van der Waals surface area (Å²) >= 11 is 3.37. The van der Waals surface area contributed by atoms with Crippen LogP contribution in [0.4, 0.5) is 0 Å². The Balaban J connectivity index is 1.80. The lowest BCUT2D eigenvalue weighted by Crippen LogP contribution is -2.40. The number of carbonyl (C=O) groups is 2. The molecule has 2 rings (SSSR count). The first kappa shape index (κ1) is 15.0. The van der Waals surface area contributed by atoms with Crippen molar-refractivity contribution in [3.63, 3.8) is 0 Å². The zero-order valence-electron chi connectivity index (χ0n) is 11.1. The van der Waals surface area contributed by atoms with Crippen molar-refractivity contribution < 1.29 is 14.7 Å². The van der Waals surface area contributed by atoms with Gasteiger partial charge in [0.15, 0.2) is 0 Å². The number of hydrogen-bond donors (Lipinski definition) is 2. The largest absolute Gasteiger partial charge is 0.481 e. The Morgan fingerprint density at radius 1 is 1.25 bits per heavy atom. The van der Waals surface area contributed by atoms with Gasteiger partial charge in [0.05, 0.1) is 5.92 Å². The minimum atomic E-state index is -0.805. The van der Waals surface area contributed by atoms with E-state index in [1.807, 2.05) is 24.3 Å². The first-order valence-electron chi connectivity index (χ1n) is 6.83. The molecular formula is C15H18BrNO3. The normalized spacial score (nSPS) is 21.6. The van der Waals surface area contributed by atoms with Crippen LogP contribution >= 0.6 is 15.9 Å². The van der Waals surface area contributed by atoms with Gasteiger partial charge in [-0.25, -0.2) is 0 Å². The lowest BCUT2D eigenvalue weighted by molar-refractivity contribution is -0.142. The lowest BCUT2D eigenvalue weighted by atomic mass is 10.0. The molecular weight excluding hydrogens is 322 g/mol. The number of halogens is 1. The highest BCUT2D eigenvalue weighted by Crippen LogP contribution is 2.25. The molecule has 1 aromatic rings. The van der Waals surface area contributed by atoms with E-state index in [2.05, 4.69) is 21.2 Å². The van der Waals surface area contributed by atoms with Gasteiger partial charge in [0.2, 0.25) is 5.91 Å². The van der Waals surface area contributed by atoms with E-state index in [1.165, 1.54) is 0 Å². The SMILES string of the molecule is O=C(CCc1ccc(Br)cc1)N[C@H]1CCC[C@@H]1C(=O)O. The third-order valence-electron chi connectivity index (χ3n) is 3.73. The summed E-state index contributed by atoms with van der Waals surface area (Å²) in [7, 11) is 0. The lowest BCUT2D eigenvalue weighted by Gasteiger charge is -2.17. The van der Waals surface area contributed by atoms with Crippen molar-refractivity contribution in [2.45, 2.75) is 38.1 Å². The fourth-order valence-corrected chi connectivity index (χ4v) is 2.88. The number of carbonyl (C=O) groups excluding carboxylic acids is 1. The topological polar surface area (TPSA) is 66.4 Å². The molecule has 0 saturated heterocycles. The second kappa shape index (κ2) is 6.88. The molecule has 0 bridgehead atoms. The quantitative estimate of drug-likeness (QED) is 0.866. The summed E-state index contributed by atoms with van der Waals surface area (Å²) in [5, 5.41) is 11.9. The fraction of sp³-hybridized carbons (Fsp3) is 0.467. The van der Waals surface area contributed by atoms with E-state index in [9.17, 15) is 9.59 Å². The van der Waals surface area contributed by atoms with Gasteiger partial charge in [0.25, 0.3) is 0 Å². The number of carboxylic acid groups (broad SMARTS) is 1. The number of rotatable bonds is 5. The van der Waals surface area contributed by atoms with Gasteiger partial charge in [-0.1, -0.05) is 34.5 Å². The summed E-state index contributed by atoms with van der Waals surface area (Å²) in [4.78, 5) is 22.9. The van der Waals surface area contributed by atoms with Crippen LogP contribution in [0.1, 0.15) is 31.2 Å². The van der Waals surface area contributed by atoms with Crippen molar-refractivity contribution in [3.8, 4) is 0 Å². The molecule has 4 nitrogen and oxygen atoms in total. The summed E-state index contributed by atoms with van der Waals surface area (Å²) in [5.41, 5.74) is 1.10. The minimum absolute atomic E-state index is 0.0638. The maximum atomic E-state index is 11.9. The van der Waals surface area contributed by atoms with Gasteiger partial charge >= 0.3 is 5.97 Å². The monoisotopic (exact) mass is 339 g/mol. The highest BCUT2D eigenvalue weighted by Gasteiger charge is 2.33. The molecule has 0 heterocycles. The van der Waals surface area contributed by atoms with Crippen LogP contribution < -0.4 is 5.32 Å². The van der Waals surface area contributed by atoms with Crippen LogP contribution in [0.2, 0.25) is 0 Å². The molecule has 0 spiro atoms. The van der Waals surface area contributed by atoms with E-state index in [0.717, 1.165) is 22.9 Å². The average molecular weight is 340 g/mol.